The first-order valence-electron chi connectivity index (χ1n) is 2.94. The van der Waals surface area contributed by atoms with Gasteiger partial charge in [-0.05, 0) is 0 Å². The normalized spacial score (nSPS) is 16.4. The van der Waals surface area contributed by atoms with Gasteiger partial charge in [-0.2, -0.15) is 13.2 Å². The van der Waals surface area contributed by atoms with Gasteiger partial charge in [0.1, 0.15) is 0 Å². The Hall–Kier alpha value is -0.560. The molecule has 1 atom stereocenters. The van der Waals surface area contributed by atoms with Crippen molar-refractivity contribution < 1.29 is 35.1 Å². The predicted molar refractivity (Wildman–Crippen MR) is 26.5 cm³/mol. The van der Waals surface area contributed by atoms with E-state index in [4.69, 9.17) is 0 Å². The van der Waals surface area contributed by atoms with Gasteiger partial charge in [0.2, 0.25) is 6.17 Å². The maximum atomic E-state index is 11.8. The van der Waals surface area contributed by atoms with Crippen molar-refractivity contribution >= 4 is 0 Å². The minimum Gasteiger partial charge on any atom is -0.237 e. The Balaban J connectivity index is 4.28. The third-order valence-corrected chi connectivity index (χ3v) is 1.13. The third kappa shape index (κ3) is 3.77. The summed E-state index contributed by atoms with van der Waals surface area (Å²) in [6.07, 6.45) is -16.3. The van der Waals surface area contributed by atoms with Gasteiger partial charge in [-0.3, -0.25) is 0 Å². The Bertz CT molecular complexity index is 158. The molecule has 0 aliphatic carbocycles. The van der Waals surface area contributed by atoms with Crippen LogP contribution >= 0.6 is 0 Å². The van der Waals surface area contributed by atoms with E-state index in [1.54, 1.807) is 0 Å². The van der Waals surface area contributed by atoms with Crippen molar-refractivity contribution in [1.29, 1.82) is 0 Å². The van der Waals surface area contributed by atoms with Crippen LogP contribution in [0.3, 0.4) is 0 Å². The summed E-state index contributed by atoms with van der Waals surface area (Å²) in [5.74, 6) is -4.95. The van der Waals surface area contributed by atoms with Gasteiger partial charge in [0.25, 0.3) is 0 Å². The summed E-state index contributed by atoms with van der Waals surface area (Å²) in [7, 11) is 0. The second-order valence-corrected chi connectivity index (χ2v) is 2.28. The van der Waals surface area contributed by atoms with E-state index in [1.807, 2.05) is 0 Å². The Morgan fingerprint density at radius 2 is 1.23 bits per heavy atom. The lowest BCUT2D eigenvalue weighted by Gasteiger charge is -2.19. The highest BCUT2D eigenvalue weighted by atomic mass is 19.4. The topological polar surface area (TPSA) is 0 Å². The van der Waals surface area contributed by atoms with Crippen LogP contribution in [0.2, 0.25) is 0 Å². The highest BCUT2D eigenvalue weighted by Gasteiger charge is 2.51. The highest BCUT2D eigenvalue weighted by Crippen LogP contribution is 2.35. The van der Waals surface area contributed by atoms with E-state index < -0.39 is 31.1 Å². The SMILES string of the molecule is FC(CC(F)(F)C(F)F)C(F)(F)F. The second-order valence-electron chi connectivity index (χ2n) is 2.28. The average molecular weight is 216 g/mol. The summed E-state index contributed by atoms with van der Waals surface area (Å²) in [6.45, 7) is 0. The summed E-state index contributed by atoms with van der Waals surface area (Å²) in [5.41, 5.74) is 0. The van der Waals surface area contributed by atoms with E-state index >= 15 is 0 Å². The molecule has 80 valence electrons. The predicted octanol–water partition coefficient (Wildman–Crippen LogP) is 3.18. The molecule has 0 amide bonds. The molecule has 0 nitrogen and oxygen atoms in total. The molecule has 0 saturated heterocycles. The molecule has 0 aliphatic heterocycles. The molecule has 0 aromatic rings. The summed E-state index contributed by atoms with van der Waals surface area (Å²) in [6, 6.07) is 0. The van der Waals surface area contributed by atoms with Crippen LogP contribution in [0.1, 0.15) is 6.42 Å². The summed E-state index contributed by atoms with van der Waals surface area (Å²) in [5, 5.41) is 0. The molecule has 0 N–H and O–H groups in total. The van der Waals surface area contributed by atoms with Gasteiger partial charge < -0.3 is 0 Å². The maximum absolute atomic E-state index is 11.8. The van der Waals surface area contributed by atoms with Crippen molar-refractivity contribution in [2.45, 2.75) is 31.1 Å². The van der Waals surface area contributed by atoms with Gasteiger partial charge in [0.15, 0.2) is 0 Å². The molecule has 0 spiro atoms. The minimum atomic E-state index is -5.53. The Morgan fingerprint density at radius 3 is 1.46 bits per heavy atom. The van der Waals surface area contributed by atoms with E-state index in [0.29, 0.717) is 0 Å². The van der Waals surface area contributed by atoms with Gasteiger partial charge >= 0.3 is 18.5 Å². The molecule has 0 saturated carbocycles. The van der Waals surface area contributed by atoms with Crippen LogP contribution < -0.4 is 0 Å². The first kappa shape index (κ1) is 12.4. The number of rotatable bonds is 3. The van der Waals surface area contributed by atoms with Crippen molar-refractivity contribution in [3.8, 4) is 0 Å². The lowest BCUT2D eigenvalue weighted by molar-refractivity contribution is -0.215. The van der Waals surface area contributed by atoms with E-state index in [1.165, 1.54) is 0 Å². The quantitative estimate of drug-likeness (QED) is 0.635. The molecule has 0 aromatic heterocycles. The molecule has 0 fully saturated rings. The maximum Gasteiger partial charge on any atom is 0.419 e. The van der Waals surface area contributed by atoms with E-state index in [-0.39, 0.29) is 0 Å². The van der Waals surface area contributed by atoms with Crippen LogP contribution in [-0.4, -0.2) is 24.7 Å². The number of alkyl halides is 8. The summed E-state index contributed by atoms with van der Waals surface area (Å²) >= 11 is 0. The molecule has 0 heterocycles. The minimum absolute atomic E-state index is 2.55. The Kier molecular flexibility index (Phi) is 3.51. The van der Waals surface area contributed by atoms with E-state index in [0.717, 1.165) is 0 Å². The van der Waals surface area contributed by atoms with Crippen molar-refractivity contribution in [3.63, 3.8) is 0 Å². The van der Waals surface area contributed by atoms with Crippen LogP contribution in [0.4, 0.5) is 35.1 Å². The van der Waals surface area contributed by atoms with Gasteiger partial charge in [0, 0.05) is 0 Å². The zero-order chi connectivity index (χ0) is 10.9. The first-order valence-corrected chi connectivity index (χ1v) is 2.94. The van der Waals surface area contributed by atoms with Gasteiger partial charge in [-0.15, -0.1) is 0 Å². The average Bonchev–Trinajstić information content (AvgIpc) is 1.83. The first-order chi connectivity index (χ1) is 5.57. The fraction of sp³-hybridized carbons (Fsp3) is 1.00. The van der Waals surface area contributed by atoms with Gasteiger partial charge in [-0.25, -0.2) is 22.0 Å². The van der Waals surface area contributed by atoms with Crippen LogP contribution in [0.25, 0.3) is 0 Å². The van der Waals surface area contributed by atoms with Gasteiger partial charge in [0.05, 0.1) is 6.42 Å². The number of halogens is 8. The van der Waals surface area contributed by atoms with Crippen molar-refractivity contribution in [2.24, 2.45) is 0 Å². The fourth-order valence-corrected chi connectivity index (χ4v) is 0.444. The van der Waals surface area contributed by atoms with E-state index in [2.05, 4.69) is 0 Å². The molecular weight excluding hydrogens is 212 g/mol. The lowest BCUT2D eigenvalue weighted by atomic mass is 10.1. The summed E-state index contributed by atoms with van der Waals surface area (Å²) in [4.78, 5) is 0. The van der Waals surface area contributed by atoms with Crippen LogP contribution in [0.5, 0.6) is 0 Å². The van der Waals surface area contributed by atoms with Crippen LogP contribution in [0.15, 0.2) is 0 Å². The second kappa shape index (κ2) is 3.67. The molecule has 0 aromatic carbocycles. The molecular formula is C5H4F8. The Labute approximate surface area is 67.5 Å². The van der Waals surface area contributed by atoms with Crippen molar-refractivity contribution in [2.75, 3.05) is 0 Å². The molecule has 0 aliphatic rings. The highest BCUT2D eigenvalue weighted by molar-refractivity contribution is 4.78. The zero-order valence-corrected chi connectivity index (χ0v) is 5.89. The third-order valence-electron chi connectivity index (χ3n) is 1.13. The Morgan fingerprint density at radius 1 is 0.846 bits per heavy atom. The van der Waals surface area contributed by atoms with Crippen LogP contribution in [0, 0.1) is 0 Å². The lowest BCUT2D eigenvalue weighted by Crippen LogP contribution is -2.36. The van der Waals surface area contributed by atoms with Crippen molar-refractivity contribution in [1.82, 2.24) is 0 Å². The standard InChI is InChI=1S/C5H4F8/c6-2(5(11,12)13)1-4(9,10)3(7)8/h2-3H,1H2. The van der Waals surface area contributed by atoms with Crippen LogP contribution in [-0.2, 0) is 0 Å². The largest absolute Gasteiger partial charge is 0.419 e. The fourth-order valence-electron chi connectivity index (χ4n) is 0.444. The molecule has 8 heteroatoms. The van der Waals surface area contributed by atoms with Gasteiger partial charge in [-0.1, -0.05) is 0 Å². The van der Waals surface area contributed by atoms with Crippen molar-refractivity contribution in [3.05, 3.63) is 0 Å². The smallest absolute Gasteiger partial charge is 0.237 e. The number of hydrogen-bond donors (Lipinski definition) is 0. The zero-order valence-electron chi connectivity index (χ0n) is 5.89. The molecule has 0 bridgehead atoms. The number of hydrogen-bond acceptors (Lipinski definition) is 0. The van der Waals surface area contributed by atoms with E-state index in [9.17, 15) is 35.1 Å². The molecule has 1 unspecified atom stereocenters. The summed E-state index contributed by atoms with van der Waals surface area (Å²) < 4.78 is 91.9. The molecule has 0 radical (unpaired) electrons. The monoisotopic (exact) mass is 216 g/mol. The molecule has 0 rings (SSSR count). The molecule has 13 heavy (non-hydrogen) atoms.